The van der Waals surface area contributed by atoms with Crippen molar-refractivity contribution in [3.8, 4) is 0 Å². The molecular formula is C9H11N3O3. The van der Waals surface area contributed by atoms with E-state index in [1.165, 1.54) is 0 Å². The first-order valence-corrected chi connectivity index (χ1v) is 4.87. The number of aryl methyl sites for hydroxylation is 1. The maximum absolute atomic E-state index is 11.3. The third-order valence-corrected chi connectivity index (χ3v) is 2.59. The van der Waals surface area contributed by atoms with Gasteiger partial charge in [-0.1, -0.05) is 6.92 Å². The predicted molar refractivity (Wildman–Crippen MR) is 51.6 cm³/mol. The molecule has 0 bridgehead atoms. The van der Waals surface area contributed by atoms with Gasteiger partial charge in [0.1, 0.15) is 5.69 Å². The lowest BCUT2D eigenvalue weighted by molar-refractivity contribution is -0.390. The summed E-state index contributed by atoms with van der Waals surface area (Å²) in [6.45, 7) is 2.11. The van der Waals surface area contributed by atoms with E-state index in [4.69, 9.17) is 0 Å². The highest BCUT2D eigenvalue weighted by molar-refractivity contribution is 5.80. The molecule has 0 spiro atoms. The van der Waals surface area contributed by atoms with Gasteiger partial charge in [0, 0.05) is 19.3 Å². The number of hydrogen-bond donors (Lipinski definition) is 0. The first kappa shape index (κ1) is 9.82. The molecule has 80 valence electrons. The van der Waals surface area contributed by atoms with E-state index in [9.17, 15) is 14.9 Å². The molecule has 1 aromatic heterocycles. The molecule has 2 heterocycles. The summed E-state index contributed by atoms with van der Waals surface area (Å²) >= 11 is 0. The monoisotopic (exact) mass is 209 g/mol. The summed E-state index contributed by atoms with van der Waals surface area (Å²) in [6, 6.07) is 0. The minimum Gasteiger partial charge on any atom is -0.358 e. The third kappa shape index (κ3) is 1.51. The fourth-order valence-corrected chi connectivity index (χ4v) is 1.89. The van der Waals surface area contributed by atoms with Crippen LogP contribution in [-0.4, -0.2) is 20.3 Å². The van der Waals surface area contributed by atoms with Crippen LogP contribution in [0.15, 0.2) is 0 Å². The molecule has 0 N–H and O–H groups in total. The normalized spacial score (nSPS) is 15.1. The number of carbonyl (C=O) groups is 1. The zero-order chi connectivity index (χ0) is 11.0. The standard InChI is InChI=1S/C9H11N3O3/c1-2-8-10-9(12(14)15)7-4-3-6(13)5-11(7)8/h2-5H2,1H3. The third-order valence-electron chi connectivity index (χ3n) is 2.59. The number of rotatable bonds is 2. The van der Waals surface area contributed by atoms with Crippen LogP contribution in [0.2, 0.25) is 0 Å². The number of aromatic nitrogens is 2. The number of hydrogen-bond acceptors (Lipinski definition) is 4. The smallest absolute Gasteiger partial charge is 0.358 e. The number of carbonyl (C=O) groups excluding carboxylic acids is 1. The van der Waals surface area contributed by atoms with Crippen LogP contribution in [-0.2, 0) is 24.2 Å². The Hall–Kier alpha value is -1.72. The fourth-order valence-electron chi connectivity index (χ4n) is 1.89. The Morgan fingerprint density at radius 2 is 2.27 bits per heavy atom. The average molecular weight is 209 g/mol. The molecule has 6 nitrogen and oxygen atoms in total. The maximum atomic E-state index is 11.3. The molecule has 0 fully saturated rings. The molecule has 1 aliphatic rings. The van der Waals surface area contributed by atoms with Crippen molar-refractivity contribution in [3.05, 3.63) is 21.6 Å². The molecule has 15 heavy (non-hydrogen) atoms. The quantitative estimate of drug-likeness (QED) is 0.534. The summed E-state index contributed by atoms with van der Waals surface area (Å²) in [4.78, 5) is 25.5. The van der Waals surface area contributed by atoms with Gasteiger partial charge in [0.05, 0.1) is 6.54 Å². The first-order valence-electron chi connectivity index (χ1n) is 4.87. The van der Waals surface area contributed by atoms with Crippen LogP contribution in [0.3, 0.4) is 0 Å². The lowest BCUT2D eigenvalue weighted by atomic mass is 10.1. The lowest BCUT2D eigenvalue weighted by Gasteiger charge is -2.12. The largest absolute Gasteiger partial charge is 0.385 e. The average Bonchev–Trinajstić information content (AvgIpc) is 2.55. The summed E-state index contributed by atoms with van der Waals surface area (Å²) in [6.07, 6.45) is 1.42. The summed E-state index contributed by atoms with van der Waals surface area (Å²) in [5, 5.41) is 10.7. The van der Waals surface area contributed by atoms with E-state index in [2.05, 4.69) is 4.98 Å². The highest BCUT2D eigenvalue weighted by Gasteiger charge is 2.30. The number of fused-ring (bicyclic) bond motifs is 1. The van der Waals surface area contributed by atoms with Crippen LogP contribution in [0.25, 0.3) is 0 Å². The Balaban J connectivity index is 2.54. The lowest BCUT2D eigenvalue weighted by Crippen LogP contribution is -2.21. The van der Waals surface area contributed by atoms with Crippen molar-refractivity contribution in [3.63, 3.8) is 0 Å². The number of nitro groups is 1. The Morgan fingerprint density at radius 1 is 1.53 bits per heavy atom. The van der Waals surface area contributed by atoms with Crippen molar-refractivity contribution >= 4 is 11.6 Å². The van der Waals surface area contributed by atoms with Crippen LogP contribution < -0.4 is 0 Å². The zero-order valence-electron chi connectivity index (χ0n) is 8.39. The summed E-state index contributed by atoms with van der Waals surface area (Å²) in [5.41, 5.74) is 0.594. The van der Waals surface area contributed by atoms with Gasteiger partial charge in [-0.25, -0.2) is 0 Å². The van der Waals surface area contributed by atoms with E-state index in [1.54, 1.807) is 4.57 Å². The number of nitrogens with zero attached hydrogens (tertiary/aromatic N) is 3. The molecule has 0 saturated heterocycles. The minimum atomic E-state index is -0.471. The Bertz CT molecular complexity index is 436. The second-order valence-electron chi connectivity index (χ2n) is 3.53. The van der Waals surface area contributed by atoms with Gasteiger partial charge in [-0.2, -0.15) is 0 Å². The van der Waals surface area contributed by atoms with Crippen LogP contribution in [0, 0.1) is 10.1 Å². The molecule has 0 atom stereocenters. The number of imidazole rings is 1. The van der Waals surface area contributed by atoms with Crippen LogP contribution in [0.1, 0.15) is 24.9 Å². The molecule has 0 aromatic carbocycles. The zero-order valence-corrected chi connectivity index (χ0v) is 8.39. The van der Waals surface area contributed by atoms with Gasteiger partial charge in [-0.15, -0.1) is 0 Å². The number of ketones is 1. The van der Waals surface area contributed by atoms with E-state index >= 15 is 0 Å². The van der Waals surface area contributed by atoms with Gasteiger partial charge < -0.3 is 10.1 Å². The maximum Gasteiger partial charge on any atom is 0.385 e. The van der Waals surface area contributed by atoms with E-state index in [0.717, 1.165) is 0 Å². The molecule has 6 heteroatoms. The van der Waals surface area contributed by atoms with Crippen molar-refractivity contribution in [1.29, 1.82) is 0 Å². The van der Waals surface area contributed by atoms with Crippen molar-refractivity contribution in [2.24, 2.45) is 0 Å². The molecule has 0 saturated carbocycles. The van der Waals surface area contributed by atoms with E-state index in [0.29, 0.717) is 30.8 Å². The van der Waals surface area contributed by atoms with E-state index < -0.39 is 4.92 Å². The molecule has 0 unspecified atom stereocenters. The van der Waals surface area contributed by atoms with Gasteiger partial charge in [0.25, 0.3) is 0 Å². The van der Waals surface area contributed by atoms with E-state index in [-0.39, 0.29) is 18.1 Å². The van der Waals surface area contributed by atoms with Crippen molar-refractivity contribution in [2.75, 3.05) is 0 Å². The summed E-state index contributed by atoms with van der Waals surface area (Å²) < 4.78 is 1.68. The Kier molecular flexibility index (Phi) is 2.26. The van der Waals surface area contributed by atoms with Gasteiger partial charge >= 0.3 is 5.82 Å². The molecule has 0 radical (unpaired) electrons. The Morgan fingerprint density at radius 3 is 2.87 bits per heavy atom. The summed E-state index contributed by atoms with van der Waals surface area (Å²) in [5.74, 6) is 0.661. The molecule has 1 aliphatic heterocycles. The molecule has 0 aliphatic carbocycles. The highest BCUT2D eigenvalue weighted by atomic mass is 16.6. The van der Waals surface area contributed by atoms with Gasteiger partial charge in [0.2, 0.25) is 5.82 Å². The molecule has 1 aromatic rings. The first-order chi connectivity index (χ1) is 7.13. The number of Topliss-reactive ketones (excluding diaryl/α,β-unsaturated/α-hetero) is 1. The molecular weight excluding hydrogens is 198 g/mol. The van der Waals surface area contributed by atoms with E-state index in [1.807, 2.05) is 6.92 Å². The van der Waals surface area contributed by atoms with Gasteiger partial charge in [-0.3, -0.25) is 9.36 Å². The summed E-state index contributed by atoms with van der Waals surface area (Å²) in [7, 11) is 0. The second-order valence-corrected chi connectivity index (χ2v) is 3.53. The van der Waals surface area contributed by atoms with Gasteiger partial charge in [-0.05, 0) is 9.91 Å². The SMILES string of the molecule is CCc1nc([N+](=O)[O-])c2n1CC(=O)CC2. The van der Waals surface area contributed by atoms with Crippen molar-refractivity contribution in [2.45, 2.75) is 32.7 Å². The van der Waals surface area contributed by atoms with Gasteiger partial charge in [0.15, 0.2) is 5.78 Å². The fraction of sp³-hybridized carbons (Fsp3) is 0.556. The van der Waals surface area contributed by atoms with Crippen LogP contribution in [0.5, 0.6) is 0 Å². The predicted octanol–water partition coefficient (Wildman–Crippen LogP) is 0.869. The highest BCUT2D eigenvalue weighted by Crippen LogP contribution is 2.24. The van der Waals surface area contributed by atoms with Crippen LogP contribution in [0.4, 0.5) is 5.82 Å². The second kappa shape index (κ2) is 3.45. The minimum absolute atomic E-state index is 0.0839. The van der Waals surface area contributed by atoms with Crippen molar-refractivity contribution in [1.82, 2.24) is 9.55 Å². The molecule has 0 amide bonds. The van der Waals surface area contributed by atoms with Crippen molar-refractivity contribution < 1.29 is 9.72 Å². The van der Waals surface area contributed by atoms with Crippen LogP contribution >= 0.6 is 0 Å². The molecule has 2 rings (SSSR count). The Labute approximate surface area is 86.1 Å². The topological polar surface area (TPSA) is 78.0 Å².